The molecule has 122 valence electrons. The Balaban J connectivity index is 2.41. The number of carbonyl (C=O) groups excluding carboxylic acids is 1. The number of rotatable bonds is 2. The summed E-state index contributed by atoms with van der Waals surface area (Å²) in [5, 5.41) is 4.87. The molecule has 1 saturated heterocycles. The number of amides is 1. The molecule has 0 bridgehead atoms. The molecule has 0 aromatic heterocycles. The Morgan fingerprint density at radius 2 is 1.95 bits per heavy atom. The van der Waals surface area contributed by atoms with Gasteiger partial charge in [-0.25, -0.2) is 17.9 Å². The SMILES string of the molecule is NS(=O)(=O)c1ccc(F)c(C(=O)N2CCC[C@H]2C(F)(F)F)c1. The van der Waals surface area contributed by atoms with E-state index in [0.29, 0.717) is 17.0 Å². The number of sulfonamides is 1. The third-order valence-corrected chi connectivity index (χ3v) is 4.30. The molecular formula is C12H12F4N2O3S. The summed E-state index contributed by atoms with van der Waals surface area (Å²) in [5.74, 6) is -2.31. The van der Waals surface area contributed by atoms with Gasteiger partial charge in [0.15, 0.2) is 0 Å². The number of hydrogen-bond acceptors (Lipinski definition) is 3. The quantitative estimate of drug-likeness (QED) is 0.831. The number of primary sulfonamides is 1. The molecule has 1 atom stereocenters. The van der Waals surface area contributed by atoms with Crippen molar-refractivity contribution >= 4 is 15.9 Å². The van der Waals surface area contributed by atoms with Crippen molar-refractivity contribution < 1.29 is 30.8 Å². The first-order valence-corrected chi connectivity index (χ1v) is 7.76. The average Bonchev–Trinajstić information content (AvgIpc) is 2.86. The van der Waals surface area contributed by atoms with Gasteiger partial charge in [-0.3, -0.25) is 4.79 Å². The van der Waals surface area contributed by atoms with E-state index in [0.717, 1.165) is 6.07 Å². The molecule has 1 aliphatic rings. The predicted molar refractivity (Wildman–Crippen MR) is 67.9 cm³/mol. The number of nitrogens with zero attached hydrogens (tertiary/aromatic N) is 1. The Bertz CT molecular complexity index is 703. The topological polar surface area (TPSA) is 80.5 Å². The molecule has 1 aromatic carbocycles. The molecule has 1 aromatic rings. The zero-order valence-electron chi connectivity index (χ0n) is 11.1. The van der Waals surface area contributed by atoms with Crippen LogP contribution in [0, 0.1) is 5.82 Å². The van der Waals surface area contributed by atoms with E-state index in [2.05, 4.69) is 0 Å². The normalized spacial score (nSPS) is 19.5. The van der Waals surface area contributed by atoms with E-state index in [-0.39, 0.29) is 19.4 Å². The van der Waals surface area contributed by atoms with Gasteiger partial charge in [0.2, 0.25) is 10.0 Å². The summed E-state index contributed by atoms with van der Waals surface area (Å²) in [6.45, 7) is -0.179. The molecule has 1 amide bonds. The second-order valence-electron chi connectivity index (χ2n) is 4.88. The van der Waals surface area contributed by atoms with Crippen LogP contribution in [-0.4, -0.2) is 38.0 Å². The smallest absolute Gasteiger partial charge is 0.326 e. The van der Waals surface area contributed by atoms with Crippen molar-refractivity contribution in [3.63, 3.8) is 0 Å². The van der Waals surface area contributed by atoms with E-state index in [1.807, 2.05) is 0 Å². The minimum absolute atomic E-state index is 0.131. The van der Waals surface area contributed by atoms with Crippen LogP contribution in [-0.2, 0) is 10.0 Å². The largest absolute Gasteiger partial charge is 0.408 e. The fraction of sp³-hybridized carbons (Fsp3) is 0.417. The highest BCUT2D eigenvalue weighted by atomic mass is 32.2. The number of carbonyl (C=O) groups is 1. The van der Waals surface area contributed by atoms with Gasteiger partial charge in [0.25, 0.3) is 5.91 Å². The van der Waals surface area contributed by atoms with Crippen molar-refractivity contribution in [1.82, 2.24) is 4.90 Å². The van der Waals surface area contributed by atoms with Crippen molar-refractivity contribution in [3.8, 4) is 0 Å². The van der Waals surface area contributed by atoms with Crippen molar-refractivity contribution in [1.29, 1.82) is 0 Å². The summed E-state index contributed by atoms with van der Waals surface area (Å²) in [6.07, 6.45) is -4.77. The van der Waals surface area contributed by atoms with Gasteiger partial charge in [-0.05, 0) is 31.0 Å². The van der Waals surface area contributed by atoms with E-state index >= 15 is 0 Å². The third-order valence-electron chi connectivity index (χ3n) is 3.39. The lowest BCUT2D eigenvalue weighted by molar-refractivity contribution is -0.169. The van der Waals surface area contributed by atoms with Gasteiger partial charge in [0, 0.05) is 6.54 Å². The van der Waals surface area contributed by atoms with Crippen molar-refractivity contribution in [2.24, 2.45) is 5.14 Å². The number of benzene rings is 1. The highest BCUT2D eigenvalue weighted by molar-refractivity contribution is 7.89. The number of likely N-dealkylation sites (tertiary alicyclic amines) is 1. The van der Waals surface area contributed by atoms with E-state index in [9.17, 15) is 30.8 Å². The second kappa shape index (κ2) is 5.51. The Kier molecular flexibility index (Phi) is 4.18. The van der Waals surface area contributed by atoms with Crippen LogP contribution in [0.2, 0.25) is 0 Å². The molecule has 0 aliphatic carbocycles. The lowest BCUT2D eigenvalue weighted by Gasteiger charge is -2.26. The van der Waals surface area contributed by atoms with Crippen molar-refractivity contribution in [2.75, 3.05) is 6.54 Å². The molecule has 0 radical (unpaired) electrons. The van der Waals surface area contributed by atoms with Crippen LogP contribution in [0.15, 0.2) is 23.1 Å². The van der Waals surface area contributed by atoms with Gasteiger partial charge in [-0.2, -0.15) is 13.2 Å². The maximum absolute atomic E-state index is 13.7. The number of hydrogen-bond donors (Lipinski definition) is 1. The molecule has 2 rings (SSSR count). The fourth-order valence-electron chi connectivity index (χ4n) is 2.35. The molecule has 0 unspecified atom stereocenters. The van der Waals surface area contributed by atoms with Crippen LogP contribution in [0.5, 0.6) is 0 Å². The number of nitrogens with two attached hydrogens (primary N) is 1. The highest BCUT2D eigenvalue weighted by Gasteiger charge is 2.48. The zero-order valence-corrected chi connectivity index (χ0v) is 11.9. The van der Waals surface area contributed by atoms with Gasteiger partial charge < -0.3 is 4.90 Å². The van der Waals surface area contributed by atoms with Gasteiger partial charge in [-0.1, -0.05) is 0 Å². The first-order chi connectivity index (χ1) is 10.0. The van der Waals surface area contributed by atoms with Crippen LogP contribution >= 0.6 is 0 Å². The van der Waals surface area contributed by atoms with E-state index < -0.39 is 44.4 Å². The Morgan fingerprint density at radius 1 is 1.32 bits per heavy atom. The van der Waals surface area contributed by atoms with E-state index in [1.165, 1.54) is 0 Å². The third kappa shape index (κ3) is 3.22. The Labute approximate surface area is 123 Å². The zero-order chi connectivity index (χ0) is 16.7. The summed E-state index contributed by atoms with van der Waals surface area (Å²) >= 11 is 0. The molecule has 0 spiro atoms. The minimum atomic E-state index is -4.62. The van der Waals surface area contributed by atoms with Crippen molar-refractivity contribution in [3.05, 3.63) is 29.6 Å². The van der Waals surface area contributed by atoms with E-state index in [4.69, 9.17) is 5.14 Å². The maximum Gasteiger partial charge on any atom is 0.408 e. The van der Waals surface area contributed by atoms with Crippen LogP contribution in [0.3, 0.4) is 0 Å². The van der Waals surface area contributed by atoms with E-state index in [1.54, 1.807) is 0 Å². The van der Waals surface area contributed by atoms with Gasteiger partial charge >= 0.3 is 6.18 Å². The molecular weight excluding hydrogens is 328 g/mol. The number of halogens is 4. The lowest BCUT2D eigenvalue weighted by atomic mass is 10.1. The van der Waals surface area contributed by atoms with Crippen LogP contribution in [0.25, 0.3) is 0 Å². The minimum Gasteiger partial charge on any atom is -0.326 e. The molecule has 10 heteroatoms. The average molecular weight is 340 g/mol. The second-order valence-corrected chi connectivity index (χ2v) is 6.45. The van der Waals surface area contributed by atoms with Gasteiger partial charge in [0.1, 0.15) is 11.9 Å². The van der Waals surface area contributed by atoms with Crippen LogP contribution in [0.1, 0.15) is 23.2 Å². The molecule has 2 N–H and O–H groups in total. The fourth-order valence-corrected chi connectivity index (χ4v) is 2.89. The summed E-state index contributed by atoms with van der Waals surface area (Å²) in [6, 6.07) is 0.175. The first kappa shape index (κ1) is 16.7. The van der Waals surface area contributed by atoms with Gasteiger partial charge in [-0.15, -0.1) is 0 Å². The summed E-state index contributed by atoms with van der Waals surface area (Å²) < 4.78 is 74.7. The highest BCUT2D eigenvalue weighted by Crippen LogP contribution is 2.34. The first-order valence-electron chi connectivity index (χ1n) is 6.22. The van der Waals surface area contributed by atoms with Crippen LogP contribution in [0.4, 0.5) is 17.6 Å². The maximum atomic E-state index is 13.7. The summed E-state index contributed by atoms with van der Waals surface area (Å²) in [7, 11) is -4.20. The Morgan fingerprint density at radius 3 is 2.50 bits per heavy atom. The molecule has 0 saturated carbocycles. The molecule has 1 fully saturated rings. The summed E-state index contributed by atoms with van der Waals surface area (Å²) in [5.41, 5.74) is -0.748. The molecule has 1 heterocycles. The molecule has 5 nitrogen and oxygen atoms in total. The standard InChI is InChI=1S/C12H12F4N2O3S/c13-9-4-3-7(22(17,20)21)6-8(9)11(19)18-5-1-2-10(18)12(14,15)16/h3-4,6,10H,1-2,5H2,(H2,17,20,21)/t10-/m0/s1. The number of alkyl halides is 3. The lowest BCUT2D eigenvalue weighted by Crippen LogP contribution is -2.44. The van der Waals surface area contributed by atoms with Gasteiger partial charge in [0.05, 0.1) is 10.5 Å². The monoisotopic (exact) mass is 340 g/mol. The Hall–Kier alpha value is -1.68. The van der Waals surface area contributed by atoms with Crippen molar-refractivity contribution in [2.45, 2.75) is 30.0 Å². The molecule has 22 heavy (non-hydrogen) atoms. The summed E-state index contributed by atoms with van der Waals surface area (Å²) in [4.78, 5) is 12.1. The predicted octanol–water partition coefficient (Wildman–Crippen LogP) is 1.64. The molecule has 1 aliphatic heterocycles. The van der Waals surface area contributed by atoms with Crippen LogP contribution < -0.4 is 5.14 Å².